The van der Waals surface area contributed by atoms with Crippen molar-refractivity contribution in [3.63, 3.8) is 0 Å². The Balaban J connectivity index is 2.47. The number of carbonyl (C=O) groups is 2. The predicted octanol–water partition coefficient (Wildman–Crippen LogP) is -1.43. The lowest BCUT2D eigenvalue weighted by Gasteiger charge is -2.34. The Morgan fingerprint density at radius 3 is 2.94 bits per heavy atom. The summed E-state index contributed by atoms with van der Waals surface area (Å²) in [5.74, 6) is -0.258. The summed E-state index contributed by atoms with van der Waals surface area (Å²) in [6.45, 7) is 2.80. The Morgan fingerprint density at radius 1 is 1.56 bits per heavy atom. The first-order valence-electron chi connectivity index (χ1n) is 5.42. The van der Waals surface area contributed by atoms with Gasteiger partial charge in [0.2, 0.25) is 5.91 Å². The first-order valence-corrected chi connectivity index (χ1v) is 5.42. The smallest absolute Gasteiger partial charge is 0.306 e. The molecule has 1 fully saturated rings. The summed E-state index contributed by atoms with van der Waals surface area (Å²) >= 11 is 0. The molecule has 1 atom stereocenters. The molecule has 0 saturated carbocycles. The Morgan fingerprint density at radius 2 is 2.31 bits per heavy atom. The van der Waals surface area contributed by atoms with Crippen molar-refractivity contribution in [3.8, 4) is 0 Å². The van der Waals surface area contributed by atoms with Crippen molar-refractivity contribution in [3.05, 3.63) is 0 Å². The van der Waals surface area contributed by atoms with E-state index in [-0.39, 0.29) is 17.9 Å². The largest absolute Gasteiger partial charge is 0.469 e. The van der Waals surface area contributed by atoms with Gasteiger partial charge < -0.3 is 15.4 Å². The van der Waals surface area contributed by atoms with Crippen LogP contribution in [0.25, 0.3) is 0 Å². The van der Waals surface area contributed by atoms with Gasteiger partial charge in [0.15, 0.2) is 0 Å². The second-order valence-electron chi connectivity index (χ2n) is 3.70. The highest BCUT2D eigenvalue weighted by Gasteiger charge is 2.27. The van der Waals surface area contributed by atoms with Crippen LogP contribution in [0.5, 0.6) is 0 Å². The first-order chi connectivity index (χ1) is 7.69. The molecule has 1 aliphatic heterocycles. The Labute approximate surface area is 95.3 Å². The molecule has 1 rings (SSSR count). The zero-order valence-electron chi connectivity index (χ0n) is 9.78. The minimum Gasteiger partial charge on any atom is -0.469 e. The van der Waals surface area contributed by atoms with Gasteiger partial charge >= 0.3 is 5.97 Å². The van der Waals surface area contributed by atoms with Crippen molar-refractivity contribution in [1.29, 1.82) is 0 Å². The number of hydrogen-bond acceptors (Lipinski definition) is 5. The fourth-order valence-corrected chi connectivity index (χ4v) is 1.78. The molecule has 0 aliphatic carbocycles. The monoisotopic (exact) mass is 229 g/mol. The van der Waals surface area contributed by atoms with Gasteiger partial charge in [0.05, 0.1) is 13.5 Å². The summed E-state index contributed by atoms with van der Waals surface area (Å²) < 4.78 is 4.58. The van der Waals surface area contributed by atoms with Crippen molar-refractivity contribution in [2.24, 2.45) is 0 Å². The Bertz CT molecular complexity index is 258. The van der Waals surface area contributed by atoms with Crippen molar-refractivity contribution in [2.45, 2.75) is 12.5 Å². The molecule has 1 aliphatic rings. The highest BCUT2D eigenvalue weighted by Crippen LogP contribution is 2.04. The van der Waals surface area contributed by atoms with Crippen LogP contribution < -0.4 is 10.6 Å². The molecule has 92 valence electrons. The molecule has 0 radical (unpaired) electrons. The standard InChI is InChI=1S/C10H19N3O3/c1-11-10(15)8-7-12-4-6-13(8)5-3-9(14)16-2/h8,12H,3-7H2,1-2H3,(H,11,15). The number of carbonyl (C=O) groups excluding carboxylic acids is 2. The molecule has 1 heterocycles. The van der Waals surface area contributed by atoms with Crippen LogP contribution in [0.1, 0.15) is 6.42 Å². The Hall–Kier alpha value is -1.14. The number of ether oxygens (including phenoxy) is 1. The van der Waals surface area contributed by atoms with E-state index in [0.29, 0.717) is 19.5 Å². The summed E-state index contributed by atoms with van der Waals surface area (Å²) in [6, 6.07) is -0.191. The van der Waals surface area contributed by atoms with Crippen LogP contribution in [-0.4, -0.2) is 63.2 Å². The molecular weight excluding hydrogens is 210 g/mol. The lowest BCUT2D eigenvalue weighted by molar-refractivity contribution is -0.141. The number of nitrogens with one attached hydrogen (secondary N) is 2. The fourth-order valence-electron chi connectivity index (χ4n) is 1.78. The number of hydrogen-bond donors (Lipinski definition) is 2. The third kappa shape index (κ3) is 3.46. The molecule has 1 amide bonds. The molecule has 6 nitrogen and oxygen atoms in total. The van der Waals surface area contributed by atoms with Crippen molar-refractivity contribution < 1.29 is 14.3 Å². The molecule has 1 unspecified atom stereocenters. The molecule has 0 aromatic carbocycles. The van der Waals surface area contributed by atoms with E-state index in [1.807, 2.05) is 4.90 Å². The van der Waals surface area contributed by atoms with Gasteiger partial charge in [-0.3, -0.25) is 14.5 Å². The number of likely N-dealkylation sites (N-methyl/N-ethyl adjacent to an activating group) is 1. The van der Waals surface area contributed by atoms with Crippen LogP contribution in [0.2, 0.25) is 0 Å². The van der Waals surface area contributed by atoms with Gasteiger partial charge in [0, 0.05) is 33.2 Å². The number of rotatable bonds is 4. The van der Waals surface area contributed by atoms with Crippen LogP contribution in [0, 0.1) is 0 Å². The molecule has 0 aromatic heterocycles. The normalized spacial score (nSPS) is 21.5. The molecule has 2 N–H and O–H groups in total. The first kappa shape index (κ1) is 12.9. The molecule has 1 saturated heterocycles. The SMILES string of the molecule is CNC(=O)C1CNCCN1CCC(=O)OC. The van der Waals surface area contributed by atoms with E-state index >= 15 is 0 Å². The van der Waals surface area contributed by atoms with Crippen molar-refractivity contribution in [1.82, 2.24) is 15.5 Å². The van der Waals surface area contributed by atoms with Gasteiger partial charge in [0.1, 0.15) is 6.04 Å². The van der Waals surface area contributed by atoms with E-state index in [4.69, 9.17) is 0 Å². The van der Waals surface area contributed by atoms with E-state index in [9.17, 15) is 9.59 Å². The highest BCUT2D eigenvalue weighted by molar-refractivity contribution is 5.82. The summed E-state index contributed by atoms with van der Waals surface area (Å²) in [5.41, 5.74) is 0. The van der Waals surface area contributed by atoms with Crippen LogP contribution in [0.15, 0.2) is 0 Å². The van der Waals surface area contributed by atoms with Crippen LogP contribution in [0.3, 0.4) is 0 Å². The topological polar surface area (TPSA) is 70.7 Å². The number of piperazine rings is 1. The third-order valence-electron chi connectivity index (χ3n) is 2.73. The average Bonchev–Trinajstić information content (AvgIpc) is 2.35. The Kier molecular flexibility index (Phi) is 5.21. The van der Waals surface area contributed by atoms with Crippen molar-refractivity contribution in [2.75, 3.05) is 40.3 Å². The maximum atomic E-state index is 11.6. The van der Waals surface area contributed by atoms with E-state index in [1.54, 1.807) is 7.05 Å². The van der Waals surface area contributed by atoms with Gasteiger partial charge in [-0.2, -0.15) is 0 Å². The quantitative estimate of drug-likeness (QED) is 0.578. The maximum Gasteiger partial charge on any atom is 0.306 e. The summed E-state index contributed by atoms with van der Waals surface area (Å²) in [4.78, 5) is 24.6. The lowest BCUT2D eigenvalue weighted by Crippen LogP contribution is -2.57. The minimum atomic E-state index is -0.241. The molecule has 0 bridgehead atoms. The van der Waals surface area contributed by atoms with Gasteiger partial charge in [-0.25, -0.2) is 0 Å². The van der Waals surface area contributed by atoms with Crippen LogP contribution in [-0.2, 0) is 14.3 Å². The summed E-state index contributed by atoms with van der Waals surface area (Å²) in [7, 11) is 2.99. The predicted molar refractivity (Wildman–Crippen MR) is 58.9 cm³/mol. The molecule has 0 spiro atoms. The van der Waals surface area contributed by atoms with E-state index in [2.05, 4.69) is 15.4 Å². The minimum absolute atomic E-state index is 0.0166. The van der Waals surface area contributed by atoms with Crippen LogP contribution in [0.4, 0.5) is 0 Å². The third-order valence-corrected chi connectivity index (χ3v) is 2.73. The van der Waals surface area contributed by atoms with Crippen molar-refractivity contribution >= 4 is 11.9 Å². The number of nitrogens with zero attached hydrogens (tertiary/aromatic N) is 1. The summed E-state index contributed by atoms with van der Waals surface area (Å²) in [6.07, 6.45) is 0.323. The van der Waals surface area contributed by atoms with E-state index in [1.165, 1.54) is 7.11 Å². The fraction of sp³-hybridized carbons (Fsp3) is 0.800. The van der Waals surface area contributed by atoms with E-state index < -0.39 is 0 Å². The second-order valence-corrected chi connectivity index (χ2v) is 3.70. The van der Waals surface area contributed by atoms with E-state index in [0.717, 1.165) is 13.1 Å². The highest BCUT2D eigenvalue weighted by atomic mass is 16.5. The van der Waals surface area contributed by atoms with Crippen LogP contribution >= 0.6 is 0 Å². The van der Waals surface area contributed by atoms with Gasteiger partial charge in [-0.1, -0.05) is 0 Å². The number of esters is 1. The average molecular weight is 229 g/mol. The molecular formula is C10H19N3O3. The lowest BCUT2D eigenvalue weighted by atomic mass is 10.1. The molecule has 6 heteroatoms. The number of methoxy groups -OCH3 is 1. The van der Waals surface area contributed by atoms with Gasteiger partial charge in [0.25, 0.3) is 0 Å². The molecule has 0 aromatic rings. The number of amides is 1. The van der Waals surface area contributed by atoms with Gasteiger partial charge in [-0.05, 0) is 0 Å². The zero-order valence-corrected chi connectivity index (χ0v) is 9.78. The zero-order chi connectivity index (χ0) is 12.0. The molecule has 16 heavy (non-hydrogen) atoms. The maximum absolute atomic E-state index is 11.6. The second kappa shape index (κ2) is 6.44. The summed E-state index contributed by atoms with van der Waals surface area (Å²) in [5, 5.41) is 5.79. The van der Waals surface area contributed by atoms with Gasteiger partial charge in [-0.15, -0.1) is 0 Å².